The van der Waals surface area contributed by atoms with Crippen LogP contribution in [-0.4, -0.2) is 26.1 Å². The number of rotatable bonds is 3. The van der Waals surface area contributed by atoms with Gasteiger partial charge in [-0.1, -0.05) is 6.07 Å². The van der Waals surface area contributed by atoms with Crippen molar-refractivity contribution in [2.24, 2.45) is 0 Å². The number of hydrogen-bond donors (Lipinski definition) is 1. The van der Waals surface area contributed by atoms with Crippen LogP contribution in [0.15, 0.2) is 18.2 Å². The van der Waals surface area contributed by atoms with Gasteiger partial charge in [0.1, 0.15) is 5.75 Å². The Morgan fingerprint density at radius 2 is 2.00 bits per heavy atom. The number of nitrogens with zero attached hydrogens (tertiary/aromatic N) is 1. The monoisotopic (exact) mass is 194 g/mol. The summed E-state index contributed by atoms with van der Waals surface area (Å²) in [6, 6.07) is 6.27. The van der Waals surface area contributed by atoms with Gasteiger partial charge in [-0.3, -0.25) is 0 Å². The second kappa shape index (κ2) is 4.33. The minimum atomic E-state index is 0.364. The minimum absolute atomic E-state index is 0.364. The Morgan fingerprint density at radius 3 is 2.43 bits per heavy atom. The van der Waals surface area contributed by atoms with Gasteiger partial charge in [-0.15, -0.1) is 0 Å². The molecule has 0 aliphatic heterocycles. The van der Waals surface area contributed by atoms with Crippen LogP contribution in [0.1, 0.15) is 18.5 Å². The number of hydrogen-bond acceptors (Lipinski definition) is 3. The van der Waals surface area contributed by atoms with Crippen molar-refractivity contribution in [3.05, 3.63) is 23.8 Å². The van der Waals surface area contributed by atoms with Crippen molar-refractivity contribution in [3.8, 4) is 5.75 Å². The van der Waals surface area contributed by atoms with Crippen LogP contribution in [0.5, 0.6) is 5.75 Å². The second-order valence-electron chi connectivity index (χ2n) is 3.64. The molecule has 0 saturated heterocycles. The molecule has 0 aliphatic rings. The zero-order valence-corrected chi connectivity index (χ0v) is 9.24. The van der Waals surface area contributed by atoms with E-state index >= 15 is 0 Å². The maximum atomic E-state index is 5.83. The molecule has 1 aromatic rings. The molecular formula is C11H18N2O. The summed E-state index contributed by atoms with van der Waals surface area (Å²) in [5.74, 6) is 0.736. The largest absolute Gasteiger partial charge is 0.495 e. The Bertz CT molecular complexity index is 310. The lowest BCUT2D eigenvalue weighted by atomic mass is 10.1. The predicted molar refractivity (Wildman–Crippen MR) is 59.5 cm³/mol. The fourth-order valence-electron chi connectivity index (χ4n) is 1.31. The van der Waals surface area contributed by atoms with Gasteiger partial charge in [0.15, 0.2) is 0 Å². The molecule has 1 rings (SSSR count). The van der Waals surface area contributed by atoms with Gasteiger partial charge in [-0.05, 0) is 38.7 Å². The van der Waals surface area contributed by atoms with Crippen molar-refractivity contribution in [3.63, 3.8) is 0 Å². The molecule has 0 aromatic heterocycles. The molecule has 1 unspecified atom stereocenters. The lowest BCUT2D eigenvalue weighted by Crippen LogP contribution is -2.16. The average molecular weight is 194 g/mol. The molecule has 0 heterocycles. The van der Waals surface area contributed by atoms with Crippen molar-refractivity contribution in [2.75, 3.05) is 26.9 Å². The quantitative estimate of drug-likeness (QED) is 0.747. The van der Waals surface area contributed by atoms with Gasteiger partial charge in [0, 0.05) is 6.04 Å². The molecule has 1 atom stereocenters. The van der Waals surface area contributed by atoms with E-state index in [9.17, 15) is 0 Å². The van der Waals surface area contributed by atoms with E-state index in [0.29, 0.717) is 11.7 Å². The van der Waals surface area contributed by atoms with E-state index in [-0.39, 0.29) is 0 Å². The topological polar surface area (TPSA) is 38.5 Å². The normalized spacial score (nSPS) is 12.9. The van der Waals surface area contributed by atoms with Crippen LogP contribution < -0.4 is 10.5 Å². The molecule has 3 heteroatoms. The summed E-state index contributed by atoms with van der Waals surface area (Å²) in [5, 5.41) is 0. The van der Waals surface area contributed by atoms with Gasteiger partial charge in [0.25, 0.3) is 0 Å². The minimum Gasteiger partial charge on any atom is -0.495 e. The fourth-order valence-corrected chi connectivity index (χ4v) is 1.31. The first-order valence-electron chi connectivity index (χ1n) is 4.66. The first-order valence-corrected chi connectivity index (χ1v) is 4.66. The molecule has 0 saturated carbocycles. The molecule has 0 amide bonds. The zero-order chi connectivity index (χ0) is 10.7. The molecule has 0 radical (unpaired) electrons. The highest BCUT2D eigenvalue weighted by molar-refractivity contribution is 5.54. The van der Waals surface area contributed by atoms with E-state index in [4.69, 9.17) is 10.5 Å². The molecule has 78 valence electrons. The molecule has 3 nitrogen and oxygen atoms in total. The van der Waals surface area contributed by atoms with Crippen LogP contribution in [0.4, 0.5) is 5.69 Å². The summed E-state index contributed by atoms with van der Waals surface area (Å²) >= 11 is 0. The molecule has 1 aromatic carbocycles. The van der Waals surface area contributed by atoms with Gasteiger partial charge in [-0.25, -0.2) is 0 Å². The van der Waals surface area contributed by atoms with Crippen LogP contribution in [0, 0.1) is 0 Å². The van der Waals surface area contributed by atoms with Crippen molar-refractivity contribution >= 4 is 5.69 Å². The molecule has 0 spiro atoms. The summed E-state index contributed by atoms with van der Waals surface area (Å²) in [6.45, 7) is 2.14. The third-order valence-electron chi connectivity index (χ3n) is 2.51. The van der Waals surface area contributed by atoms with Crippen LogP contribution in [-0.2, 0) is 0 Å². The maximum absolute atomic E-state index is 5.83. The number of nitrogens with two attached hydrogens (primary N) is 1. The standard InChI is InChI=1S/C11H18N2O/c1-8(13(2)3)9-5-6-11(14-4)10(12)7-9/h5-8H,12H2,1-4H3. The SMILES string of the molecule is COc1ccc(C(C)N(C)C)cc1N. The molecule has 0 aliphatic carbocycles. The summed E-state index contributed by atoms with van der Waals surface area (Å²) in [4.78, 5) is 2.14. The van der Waals surface area contributed by atoms with E-state index in [2.05, 4.69) is 11.8 Å². The van der Waals surface area contributed by atoms with Crippen LogP contribution in [0.25, 0.3) is 0 Å². The van der Waals surface area contributed by atoms with Crippen molar-refractivity contribution in [1.82, 2.24) is 4.90 Å². The Balaban J connectivity index is 2.96. The number of anilines is 1. The van der Waals surface area contributed by atoms with Gasteiger partial charge in [-0.2, -0.15) is 0 Å². The lowest BCUT2D eigenvalue weighted by molar-refractivity contribution is 0.321. The number of methoxy groups -OCH3 is 1. The maximum Gasteiger partial charge on any atom is 0.141 e. The second-order valence-corrected chi connectivity index (χ2v) is 3.64. The summed E-state index contributed by atoms with van der Waals surface area (Å²) < 4.78 is 5.10. The van der Waals surface area contributed by atoms with E-state index in [1.165, 1.54) is 5.56 Å². The molecule has 14 heavy (non-hydrogen) atoms. The van der Waals surface area contributed by atoms with Crippen molar-refractivity contribution in [1.29, 1.82) is 0 Å². The van der Waals surface area contributed by atoms with Gasteiger partial charge >= 0.3 is 0 Å². The third kappa shape index (κ3) is 2.17. The van der Waals surface area contributed by atoms with Gasteiger partial charge in [0.2, 0.25) is 0 Å². The highest BCUT2D eigenvalue weighted by Gasteiger charge is 2.09. The Morgan fingerprint density at radius 1 is 1.36 bits per heavy atom. The number of nitrogen functional groups attached to an aromatic ring is 1. The Labute approximate surface area is 85.5 Å². The molecular weight excluding hydrogens is 176 g/mol. The number of benzene rings is 1. The van der Waals surface area contributed by atoms with Crippen molar-refractivity contribution in [2.45, 2.75) is 13.0 Å². The Kier molecular flexibility index (Phi) is 3.36. The van der Waals surface area contributed by atoms with E-state index < -0.39 is 0 Å². The first kappa shape index (κ1) is 10.9. The highest BCUT2D eigenvalue weighted by atomic mass is 16.5. The predicted octanol–water partition coefficient (Wildman–Crippen LogP) is 1.90. The third-order valence-corrected chi connectivity index (χ3v) is 2.51. The average Bonchev–Trinajstić information content (AvgIpc) is 2.16. The molecule has 2 N–H and O–H groups in total. The smallest absolute Gasteiger partial charge is 0.141 e. The summed E-state index contributed by atoms with van der Waals surface area (Å²) in [5.41, 5.74) is 7.72. The van der Waals surface area contributed by atoms with Crippen LogP contribution >= 0.6 is 0 Å². The van der Waals surface area contributed by atoms with Crippen molar-refractivity contribution < 1.29 is 4.74 Å². The van der Waals surface area contributed by atoms with Crippen LogP contribution in [0.3, 0.4) is 0 Å². The highest BCUT2D eigenvalue weighted by Crippen LogP contribution is 2.26. The molecule has 0 fully saturated rings. The fraction of sp³-hybridized carbons (Fsp3) is 0.455. The zero-order valence-electron chi connectivity index (χ0n) is 9.24. The Hall–Kier alpha value is -1.22. The lowest BCUT2D eigenvalue weighted by Gasteiger charge is -2.20. The summed E-state index contributed by atoms with van der Waals surface area (Å²) in [7, 11) is 5.72. The van der Waals surface area contributed by atoms with E-state index in [1.54, 1.807) is 7.11 Å². The van der Waals surface area contributed by atoms with Gasteiger partial charge in [0.05, 0.1) is 12.8 Å². The summed E-state index contributed by atoms with van der Waals surface area (Å²) in [6.07, 6.45) is 0. The van der Waals surface area contributed by atoms with Gasteiger partial charge < -0.3 is 15.4 Å². The van der Waals surface area contributed by atoms with Crippen LogP contribution in [0.2, 0.25) is 0 Å². The van der Waals surface area contributed by atoms with E-state index in [1.807, 2.05) is 32.3 Å². The first-order chi connectivity index (χ1) is 6.56. The number of ether oxygens (including phenoxy) is 1. The van der Waals surface area contributed by atoms with E-state index in [0.717, 1.165) is 5.75 Å². The molecule has 0 bridgehead atoms.